The number of benzene rings is 1. The van der Waals surface area contributed by atoms with Crippen molar-refractivity contribution in [2.75, 3.05) is 13.2 Å². The second kappa shape index (κ2) is 5.21. The Morgan fingerprint density at radius 1 is 1.39 bits per heavy atom. The summed E-state index contributed by atoms with van der Waals surface area (Å²) in [6.07, 6.45) is 0.835. The van der Waals surface area contributed by atoms with E-state index in [1.165, 1.54) is 0 Å². The molecule has 1 aliphatic rings. The molecule has 0 atom stereocenters. The van der Waals surface area contributed by atoms with Crippen LogP contribution in [0.15, 0.2) is 18.2 Å². The van der Waals surface area contributed by atoms with Crippen LogP contribution in [0.4, 0.5) is 0 Å². The number of carbonyl (C=O) groups is 2. The van der Waals surface area contributed by atoms with Gasteiger partial charge < -0.3 is 10.1 Å². The molecule has 96 valence electrons. The van der Waals surface area contributed by atoms with Gasteiger partial charge in [0.1, 0.15) is 5.75 Å². The summed E-state index contributed by atoms with van der Waals surface area (Å²) in [5, 5.41) is 2.64. The molecule has 0 fully saturated rings. The zero-order chi connectivity index (χ0) is 13.1. The van der Waals surface area contributed by atoms with Crippen LogP contribution in [0, 0.1) is 5.92 Å². The van der Waals surface area contributed by atoms with Crippen LogP contribution in [0.2, 0.25) is 0 Å². The Hall–Kier alpha value is -1.84. The summed E-state index contributed by atoms with van der Waals surface area (Å²) in [6.45, 7) is 4.40. The van der Waals surface area contributed by atoms with Gasteiger partial charge in [-0.25, -0.2) is 0 Å². The average molecular weight is 247 g/mol. The van der Waals surface area contributed by atoms with E-state index in [9.17, 15) is 9.59 Å². The molecule has 0 radical (unpaired) electrons. The van der Waals surface area contributed by atoms with E-state index in [2.05, 4.69) is 5.32 Å². The Morgan fingerprint density at radius 3 is 2.89 bits per heavy atom. The van der Waals surface area contributed by atoms with Gasteiger partial charge in [-0.15, -0.1) is 0 Å². The summed E-state index contributed by atoms with van der Waals surface area (Å²) >= 11 is 0. The number of rotatable bonds is 4. The van der Waals surface area contributed by atoms with Gasteiger partial charge in [-0.3, -0.25) is 9.59 Å². The van der Waals surface area contributed by atoms with Crippen molar-refractivity contribution in [2.24, 2.45) is 5.92 Å². The van der Waals surface area contributed by atoms with Crippen molar-refractivity contribution in [1.82, 2.24) is 5.32 Å². The highest BCUT2D eigenvalue weighted by Crippen LogP contribution is 2.25. The zero-order valence-electron chi connectivity index (χ0n) is 10.7. The first-order valence-electron chi connectivity index (χ1n) is 6.14. The van der Waals surface area contributed by atoms with Crippen LogP contribution >= 0.6 is 0 Å². The van der Waals surface area contributed by atoms with Gasteiger partial charge >= 0.3 is 0 Å². The molecule has 1 N–H and O–H groups in total. The van der Waals surface area contributed by atoms with Crippen molar-refractivity contribution < 1.29 is 14.3 Å². The fraction of sp³-hybridized carbons (Fsp3) is 0.429. The SMILES string of the molecule is CC(C)C(=O)CNC(=O)c1ccc2c(c1)CCO2. The normalized spacial score (nSPS) is 13.1. The molecular weight excluding hydrogens is 230 g/mol. The first-order chi connectivity index (χ1) is 8.58. The maximum Gasteiger partial charge on any atom is 0.251 e. The minimum absolute atomic E-state index is 0.0350. The Labute approximate surface area is 106 Å². The molecule has 0 saturated carbocycles. The summed E-state index contributed by atoms with van der Waals surface area (Å²) in [6, 6.07) is 5.36. The van der Waals surface area contributed by atoms with Crippen molar-refractivity contribution in [2.45, 2.75) is 20.3 Å². The predicted octanol–water partition coefficient (Wildman–Crippen LogP) is 1.58. The summed E-state index contributed by atoms with van der Waals surface area (Å²) in [4.78, 5) is 23.3. The van der Waals surface area contributed by atoms with Gasteiger partial charge in [0, 0.05) is 17.9 Å². The highest BCUT2D eigenvalue weighted by atomic mass is 16.5. The Morgan fingerprint density at radius 2 is 2.17 bits per heavy atom. The lowest BCUT2D eigenvalue weighted by molar-refractivity contribution is -0.120. The fourth-order valence-corrected chi connectivity index (χ4v) is 1.80. The molecular formula is C14H17NO3. The van der Waals surface area contributed by atoms with E-state index in [1.807, 2.05) is 26.0 Å². The van der Waals surface area contributed by atoms with Crippen molar-refractivity contribution in [3.63, 3.8) is 0 Å². The predicted molar refractivity (Wildman–Crippen MR) is 67.8 cm³/mol. The summed E-state index contributed by atoms with van der Waals surface area (Å²) in [5.74, 6) is 0.620. The second-order valence-electron chi connectivity index (χ2n) is 4.72. The molecule has 1 aromatic rings. The standard InChI is InChI=1S/C14H17NO3/c1-9(2)12(16)8-15-14(17)11-3-4-13-10(7-11)5-6-18-13/h3-4,7,9H,5-6,8H2,1-2H3,(H,15,17). The van der Waals surface area contributed by atoms with Crippen LogP contribution < -0.4 is 10.1 Å². The number of hydrogen-bond donors (Lipinski definition) is 1. The fourth-order valence-electron chi connectivity index (χ4n) is 1.80. The van der Waals surface area contributed by atoms with Crippen molar-refractivity contribution in [1.29, 1.82) is 0 Å². The molecule has 0 unspecified atom stereocenters. The van der Waals surface area contributed by atoms with Gasteiger partial charge in [0.25, 0.3) is 5.91 Å². The lowest BCUT2D eigenvalue weighted by Crippen LogP contribution is -2.31. The smallest absolute Gasteiger partial charge is 0.251 e. The molecule has 1 amide bonds. The van der Waals surface area contributed by atoms with E-state index < -0.39 is 0 Å². The molecule has 1 heterocycles. The van der Waals surface area contributed by atoms with Crippen LogP contribution in [-0.4, -0.2) is 24.8 Å². The molecule has 0 bridgehead atoms. The van der Waals surface area contributed by atoms with E-state index in [0.29, 0.717) is 12.2 Å². The number of nitrogens with one attached hydrogen (secondary N) is 1. The number of ether oxygens (including phenoxy) is 1. The minimum Gasteiger partial charge on any atom is -0.493 e. The molecule has 18 heavy (non-hydrogen) atoms. The van der Waals surface area contributed by atoms with Gasteiger partial charge in [-0.2, -0.15) is 0 Å². The van der Waals surface area contributed by atoms with Gasteiger partial charge in [-0.1, -0.05) is 13.8 Å². The van der Waals surface area contributed by atoms with Gasteiger partial charge in [0.2, 0.25) is 0 Å². The van der Waals surface area contributed by atoms with Crippen LogP contribution in [0.5, 0.6) is 5.75 Å². The van der Waals surface area contributed by atoms with Crippen LogP contribution in [-0.2, 0) is 11.2 Å². The van der Waals surface area contributed by atoms with E-state index in [1.54, 1.807) is 6.07 Å². The number of ketones is 1. The largest absolute Gasteiger partial charge is 0.493 e. The third-order valence-corrected chi connectivity index (χ3v) is 3.02. The first-order valence-corrected chi connectivity index (χ1v) is 6.14. The lowest BCUT2D eigenvalue weighted by atomic mass is 10.1. The Bertz CT molecular complexity index is 480. The van der Waals surface area contributed by atoms with E-state index in [0.717, 1.165) is 17.7 Å². The summed E-state index contributed by atoms with van der Waals surface area (Å²) in [5.41, 5.74) is 1.63. The maximum atomic E-state index is 11.9. The van der Waals surface area contributed by atoms with Crippen molar-refractivity contribution in [3.8, 4) is 5.75 Å². The minimum atomic E-state index is -0.210. The Balaban J connectivity index is 1.99. The molecule has 4 nitrogen and oxygen atoms in total. The number of hydrogen-bond acceptors (Lipinski definition) is 3. The van der Waals surface area contributed by atoms with Crippen LogP contribution in [0.3, 0.4) is 0 Å². The third-order valence-electron chi connectivity index (χ3n) is 3.02. The molecule has 1 aliphatic heterocycles. The van der Waals surface area contributed by atoms with Crippen molar-refractivity contribution >= 4 is 11.7 Å². The number of amides is 1. The molecule has 4 heteroatoms. The monoisotopic (exact) mass is 247 g/mol. The number of Topliss-reactive ketones (excluding diaryl/α,β-unsaturated/α-hetero) is 1. The summed E-state index contributed by atoms with van der Waals surface area (Å²) in [7, 11) is 0. The quantitative estimate of drug-likeness (QED) is 0.878. The molecule has 0 aliphatic carbocycles. The zero-order valence-corrected chi connectivity index (χ0v) is 10.7. The van der Waals surface area contributed by atoms with E-state index in [-0.39, 0.29) is 24.2 Å². The van der Waals surface area contributed by atoms with E-state index in [4.69, 9.17) is 4.74 Å². The first kappa shape index (κ1) is 12.6. The maximum absolute atomic E-state index is 11.9. The highest BCUT2D eigenvalue weighted by molar-refractivity contribution is 5.97. The van der Waals surface area contributed by atoms with Gasteiger partial charge in [0.05, 0.1) is 13.2 Å². The van der Waals surface area contributed by atoms with Gasteiger partial charge in [0.15, 0.2) is 5.78 Å². The van der Waals surface area contributed by atoms with Gasteiger partial charge in [-0.05, 0) is 23.8 Å². The second-order valence-corrected chi connectivity index (χ2v) is 4.72. The van der Waals surface area contributed by atoms with Crippen LogP contribution in [0.25, 0.3) is 0 Å². The van der Waals surface area contributed by atoms with Crippen molar-refractivity contribution in [3.05, 3.63) is 29.3 Å². The lowest BCUT2D eigenvalue weighted by Gasteiger charge is -2.07. The third kappa shape index (κ3) is 2.70. The molecule has 0 aromatic heterocycles. The average Bonchev–Trinajstić information content (AvgIpc) is 2.82. The van der Waals surface area contributed by atoms with E-state index >= 15 is 0 Å². The summed E-state index contributed by atoms with van der Waals surface area (Å²) < 4.78 is 5.38. The molecule has 2 rings (SSSR count). The number of carbonyl (C=O) groups excluding carboxylic acids is 2. The highest BCUT2D eigenvalue weighted by Gasteiger charge is 2.15. The molecule has 1 aromatic carbocycles. The molecule has 0 spiro atoms. The number of fused-ring (bicyclic) bond motifs is 1. The Kier molecular flexibility index (Phi) is 3.65. The molecule has 0 saturated heterocycles. The van der Waals surface area contributed by atoms with Crippen LogP contribution in [0.1, 0.15) is 29.8 Å². The topological polar surface area (TPSA) is 55.4 Å².